The molecule has 0 aromatic carbocycles. The van der Waals surface area contributed by atoms with Crippen molar-refractivity contribution in [2.75, 3.05) is 28.7 Å². The van der Waals surface area contributed by atoms with Gasteiger partial charge in [0.15, 0.2) is 5.82 Å². The normalized spacial score (nSPS) is 30.9. The molecule has 3 atom stereocenters. The summed E-state index contributed by atoms with van der Waals surface area (Å²) in [6.45, 7) is 0.773. The van der Waals surface area contributed by atoms with E-state index in [1.807, 2.05) is 0 Å². The Morgan fingerprint density at radius 2 is 1.87 bits per heavy atom. The molecule has 8 nitrogen and oxygen atoms in total. The van der Waals surface area contributed by atoms with Gasteiger partial charge in [-0.05, 0) is 38.5 Å². The Balaban J connectivity index is 1.27. The van der Waals surface area contributed by atoms with Crippen molar-refractivity contribution >= 4 is 34.2 Å². The van der Waals surface area contributed by atoms with E-state index < -0.39 is 10.8 Å². The van der Waals surface area contributed by atoms with Gasteiger partial charge in [0.25, 0.3) is 0 Å². The van der Waals surface area contributed by atoms with Gasteiger partial charge in [-0.15, -0.1) is 0 Å². The van der Waals surface area contributed by atoms with Crippen molar-refractivity contribution < 1.29 is 9.32 Å². The van der Waals surface area contributed by atoms with E-state index in [-0.39, 0.29) is 12.1 Å². The molecule has 2 aliphatic carbocycles. The van der Waals surface area contributed by atoms with E-state index in [1.165, 1.54) is 0 Å². The number of hydrogen-bond acceptors (Lipinski definition) is 8. The zero-order chi connectivity index (χ0) is 21.2. The average Bonchev–Trinajstić information content (AvgIpc) is 2.75. The molecule has 2 bridgehead atoms. The van der Waals surface area contributed by atoms with Gasteiger partial charge in [0, 0.05) is 42.7 Å². The third-order valence-corrected chi connectivity index (χ3v) is 9.08. The number of nitrogens with zero attached hydrogens (tertiary/aromatic N) is 6. The third-order valence-electron chi connectivity index (χ3n) is 7.56. The molecule has 0 radical (unpaired) electrons. The molecule has 2 aromatic rings. The summed E-state index contributed by atoms with van der Waals surface area (Å²) in [7, 11) is -1.09. The molecule has 5 aliphatic rings. The van der Waals surface area contributed by atoms with E-state index in [0.29, 0.717) is 46.2 Å². The topological polar surface area (TPSA) is 95.3 Å². The minimum absolute atomic E-state index is 0.107. The lowest BCUT2D eigenvalue weighted by Gasteiger charge is -2.55. The Hall–Kier alpha value is -1.84. The van der Waals surface area contributed by atoms with E-state index in [1.54, 1.807) is 18.6 Å². The predicted octanol–water partition coefficient (Wildman–Crippen LogP) is 2.29. The average molecular weight is 461 g/mol. The fourth-order valence-electron chi connectivity index (χ4n) is 5.73. The highest BCUT2D eigenvalue weighted by atomic mass is 35.5. The Morgan fingerprint density at radius 3 is 2.52 bits per heavy atom. The molecule has 0 amide bonds. The van der Waals surface area contributed by atoms with Gasteiger partial charge in [-0.3, -0.25) is 4.21 Å². The highest BCUT2D eigenvalue weighted by Gasteiger charge is 2.49. The van der Waals surface area contributed by atoms with Crippen LogP contribution in [0.3, 0.4) is 0 Å². The monoisotopic (exact) mass is 460 g/mol. The van der Waals surface area contributed by atoms with Gasteiger partial charge in [0.05, 0.1) is 39.1 Å². The summed E-state index contributed by atoms with van der Waals surface area (Å²) in [5.41, 5.74) is -0.257. The van der Waals surface area contributed by atoms with Crippen molar-refractivity contribution in [3.05, 3.63) is 29.4 Å². The molecule has 5 heterocycles. The summed E-state index contributed by atoms with van der Waals surface area (Å²) in [5, 5.41) is 10.7. The molecule has 31 heavy (non-hydrogen) atoms. The summed E-state index contributed by atoms with van der Waals surface area (Å²) in [4.78, 5) is 23.6. The van der Waals surface area contributed by atoms with Gasteiger partial charge < -0.3 is 14.9 Å². The Labute approximate surface area is 188 Å². The Morgan fingerprint density at radius 1 is 1.13 bits per heavy atom. The van der Waals surface area contributed by atoms with Crippen LogP contribution in [-0.2, 0) is 10.8 Å². The van der Waals surface area contributed by atoms with Crippen LogP contribution in [0.15, 0.2) is 23.5 Å². The number of aliphatic hydroxyl groups excluding tert-OH is 1. The number of hydrogen-bond donors (Lipinski definition) is 1. The number of aliphatic hydroxyl groups is 1. The number of fused-ring (bicyclic) bond motifs is 3. The van der Waals surface area contributed by atoms with E-state index in [9.17, 15) is 9.32 Å². The molecule has 10 heteroatoms. The molecular weight excluding hydrogens is 436 g/mol. The number of halogens is 1. The van der Waals surface area contributed by atoms with Gasteiger partial charge in [0.1, 0.15) is 5.82 Å². The second-order valence-corrected chi connectivity index (χ2v) is 11.1. The summed E-state index contributed by atoms with van der Waals surface area (Å²) in [6, 6.07) is 0.721. The first kappa shape index (κ1) is 19.8. The van der Waals surface area contributed by atoms with Crippen LogP contribution in [0.4, 0.5) is 11.8 Å². The molecular formula is C21H25ClN6O2S. The van der Waals surface area contributed by atoms with Crippen LogP contribution in [0, 0.1) is 0 Å². The molecule has 7 rings (SSSR count). The summed E-state index contributed by atoms with van der Waals surface area (Å²) >= 11 is 5.94. The molecule has 2 saturated carbocycles. The van der Waals surface area contributed by atoms with Gasteiger partial charge in [-0.2, -0.15) is 4.98 Å². The van der Waals surface area contributed by atoms with Crippen LogP contribution in [-0.4, -0.2) is 65.8 Å². The summed E-state index contributed by atoms with van der Waals surface area (Å²) in [6.07, 6.45) is 11.2. The van der Waals surface area contributed by atoms with Crippen molar-refractivity contribution in [2.45, 2.75) is 67.0 Å². The largest absolute Gasteiger partial charge is 0.394 e. The van der Waals surface area contributed by atoms with Crippen molar-refractivity contribution in [1.82, 2.24) is 19.9 Å². The summed E-state index contributed by atoms with van der Waals surface area (Å²) in [5.74, 6) is 3.22. The van der Waals surface area contributed by atoms with E-state index in [0.717, 1.165) is 50.2 Å². The molecule has 2 unspecified atom stereocenters. The summed E-state index contributed by atoms with van der Waals surface area (Å²) < 4.78 is 12.6. The van der Waals surface area contributed by atoms with Gasteiger partial charge >= 0.3 is 0 Å². The Bertz CT molecular complexity index is 1020. The maximum atomic E-state index is 12.6. The minimum atomic E-state index is -1.09. The molecule has 3 aliphatic heterocycles. The maximum Gasteiger partial charge on any atom is 0.227 e. The fraction of sp³-hybridized carbons (Fsp3) is 0.619. The predicted molar refractivity (Wildman–Crippen MR) is 118 cm³/mol. The number of anilines is 2. The van der Waals surface area contributed by atoms with Crippen LogP contribution in [0.5, 0.6) is 0 Å². The van der Waals surface area contributed by atoms with E-state index in [2.05, 4.69) is 24.8 Å². The molecule has 4 fully saturated rings. The fourth-order valence-corrected chi connectivity index (χ4v) is 6.92. The standard InChI is InChI=1S/C21H25ClN6O2S/c22-14-9-23-18(24-10-14)13-6-15-8-16(7-13)28(15)20-25-11-17-19(26-20)27(4-5-31(17)30)21(12-29)2-1-3-21/h9-11,13,15-16,29H,1-8,12H2/t13?,15?,16?,31-/m1/s1. The first-order valence-corrected chi connectivity index (χ1v) is 12.7. The van der Waals surface area contributed by atoms with Gasteiger partial charge in [-0.25, -0.2) is 15.0 Å². The van der Waals surface area contributed by atoms with Gasteiger partial charge in [-0.1, -0.05) is 11.6 Å². The van der Waals surface area contributed by atoms with Crippen molar-refractivity contribution in [2.24, 2.45) is 0 Å². The van der Waals surface area contributed by atoms with E-state index in [4.69, 9.17) is 16.6 Å². The zero-order valence-corrected chi connectivity index (χ0v) is 18.7. The quantitative estimate of drug-likeness (QED) is 0.742. The SMILES string of the molecule is O=[S@@]1CCN(C2(CO)CCC2)c2nc(N3C4CC(c5ncc(Cl)cn5)CC3C4)ncc21. The molecule has 164 valence electrons. The third kappa shape index (κ3) is 3.08. The maximum absolute atomic E-state index is 12.6. The van der Waals surface area contributed by atoms with E-state index >= 15 is 0 Å². The smallest absolute Gasteiger partial charge is 0.227 e. The second kappa shape index (κ2) is 7.35. The highest BCUT2D eigenvalue weighted by Crippen LogP contribution is 2.47. The lowest BCUT2D eigenvalue weighted by atomic mass is 9.73. The van der Waals surface area contributed by atoms with Crippen LogP contribution in [0.1, 0.15) is 50.3 Å². The van der Waals surface area contributed by atoms with Crippen molar-refractivity contribution in [1.29, 1.82) is 0 Å². The van der Waals surface area contributed by atoms with Crippen LogP contribution in [0.2, 0.25) is 5.02 Å². The number of piperidine rings is 1. The molecule has 2 saturated heterocycles. The number of rotatable bonds is 4. The number of aromatic nitrogens is 4. The second-order valence-electron chi connectivity index (χ2n) is 9.17. The highest BCUT2D eigenvalue weighted by molar-refractivity contribution is 7.85. The molecule has 1 N–H and O–H groups in total. The molecule has 2 aromatic heterocycles. The lowest BCUT2D eigenvalue weighted by molar-refractivity contribution is 0.115. The van der Waals surface area contributed by atoms with Crippen LogP contribution in [0.25, 0.3) is 0 Å². The molecule has 0 spiro atoms. The zero-order valence-electron chi connectivity index (χ0n) is 17.2. The first-order valence-electron chi connectivity index (χ1n) is 11.0. The van der Waals surface area contributed by atoms with Crippen molar-refractivity contribution in [3.63, 3.8) is 0 Å². The van der Waals surface area contributed by atoms with Crippen molar-refractivity contribution in [3.8, 4) is 0 Å². The van der Waals surface area contributed by atoms with Crippen LogP contribution < -0.4 is 9.80 Å². The van der Waals surface area contributed by atoms with Crippen LogP contribution >= 0.6 is 11.6 Å². The van der Waals surface area contributed by atoms with Gasteiger partial charge in [0.2, 0.25) is 5.95 Å². The first-order chi connectivity index (χ1) is 15.1. The Kier molecular flexibility index (Phi) is 4.70. The minimum Gasteiger partial charge on any atom is -0.394 e. The lowest BCUT2D eigenvalue weighted by Crippen LogP contribution is -2.62.